The van der Waals surface area contributed by atoms with Crippen molar-refractivity contribution < 1.29 is 8.83 Å². The molecule has 68 heavy (non-hydrogen) atoms. The van der Waals surface area contributed by atoms with E-state index in [0.29, 0.717) is 0 Å². The van der Waals surface area contributed by atoms with E-state index in [2.05, 4.69) is 234 Å². The molecule has 0 spiro atoms. The van der Waals surface area contributed by atoms with E-state index < -0.39 is 16.1 Å². The predicted octanol–water partition coefficient (Wildman–Crippen LogP) is 15.3. The fourth-order valence-electron chi connectivity index (χ4n) is 12.1. The monoisotopic (exact) mass is 912 g/mol. The fourth-order valence-corrected chi connectivity index (χ4v) is 18.2. The van der Waals surface area contributed by atoms with E-state index in [1.54, 1.807) is 0 Å². The van der Waals surface area contributed by atoms with Crippen LogP contribution in [0.1, 0.15) is 22.3 Å². The van der Waals surface area contributed by atoms with Gasteiger partial charge in [-0.05, 0) is 142 Å². The molecule has 0 radical (unpaired) electrons. The number of hydrogen-bond acceptors (Lipinski definition) is 4. The second-order valence-electron chi connectivity index (χ2n) is 20.4. The van der Waals surface area contributed by atoms with Crippen LogP contribution in [0.5, 0.6) is 0 Å². The Bertz CT molecular complexity index is 3660. The minimum Gasteiger partial charge on any atom is -0.454 e. The second kappa shape index (κ2) is 14.6. The van der Waals surface area contributed by atoms with Gasteiger partial charge in [0.1, 0.15) is 27.3 Å². The van der Waals surface area contributed by atoms with Crippen molar-refractivity contribution >= 4 is 115 Å². The topological polar surface area (TPSA) is 32.8 Å². The second-order valence-corrected chi connectivity index (χ2v) is 29.0. The smallest absolute Gasteiger partial charge is 0.160 e. The molecule has 0 saturated carbocycles. The molecule has 330 valence electrons. The number of anilines is 6. The van der Waals surface area contributed by atoms with E-state index >= 15 is 0 Å². The van der Waals surface area contributed by atoms with Crippen LogP contribution in [0.25, 0.3) is 66.1 Å². The summed E-state index contributed by atoms with van der Waals surface area (Å²) < 4.78 is 14.3. The average Bonchev–Trinajstić information content (AvgIpc) is 4.04. The van der Waals surface area contributed by atoms with Crippen LogP contribution in [0.15, 0.2) is 179 Å². The number of rotatable bonds is 6. The zero-order valence-corrected chi connectivity index (χ0v) is 41.9. The van der Waals surface area contributed by atoms with E-state index in [4.69, 9.17) is 8.83 Å². The zero-order valence-electron chi connectivity index (χ0n) is 39.9. The highest BCUT2D eigenvalue weighted by Crippen LogP contribution is 2.51. The van der Waals surface area contributed by atoms with E-state index in [9.17, 15) is 0 Å². The first-order chi connectivity index (χ1) is 32.9. The number of hydrogen-bond donors (Lipinski definition) is 0. The van der Waals surface area contributed by atoms with E-state index in [1.807, 2.05) is 0 Å². The first-order valence-corrected chi connectivity index (χ1v) is 29.9. The molecule has 6 heteroatoms. The van der Waals surface area contributed by atoms with Gasteiger partial charge in [0, 0.05) is 44.3 Å². The number of aryl methyl sites for hydroxylation is 4. The van der Waals surface area contributed by atoms with E-state index in [0.717, 1.165) is 67.2 Å². The Morgan fingerprint density at radius 3 is 1.15 bits per heavy atom. The lowest BCUT2D eigenvalue weighted by molar-refractivity contribution is 0.669. The van der Waals surface area contributed by atoms with Gasteiger partial charge in [0.2, 0.25) is 0 Å². The van der Waals surface area contributed by atoms with Crippen molar-refractivity contribution in [2.45, 2.75) is 53.9 Å². The number of nitrogens with zero attached hydrogens (tertiary/aromatic N) is 2. The normalized spacial score (nSPS) is 14.1. The molecular formula is C62H52N2O2Si2. The van der Waals surface area contributed by atoms with Gasteiger partial charge in [-0.2, -0.15) is 0 Å². The number of benzene rings is 9. The minimum atomic E-state index is -2.39. The zero-order chi connectivity index (χ0) is 46.4. The molecule has 0 fully saturated rings. The molecule has 13 rings (SSSR count). The molecule has 2 aromatic heterocycles. The van der Waals surface area contributed by atoms with Gasteiger partial charge in [-0.15, -0.1) is 0 Å². The predicted molar refractivity (Wildman–Crippen MR) is 294 cm³/mol. The van der Waals surface area contributed by atoms with Crippen molar-refractivity contribution in [2.75, 3.05) is 9.80 Å². The maximum Gasteiger partial charge on any atom is 0.160 e. The molecule has 0 saturated heterocycles. The van der Waals surface area contributed by atoms with Crippen LogP contribution in [-0.4, -0.2) is 16.1 Å². The summed E-state index contributed by atoms with van der Waals surface area (Å²) in [4.78, 5) is 4.88. The SMILES string of the molecule is Cc1ccc(N(c2ccccc2)c2cc3c(c4c2oc2ccccc24)-c2cc4c(cc2[Si]3(C)C)-c2c(cc(N(c3ccccc3)c3ccc(C)cc3C)c3oc5ccccc5c23)[Si]4(C)C)c(C)c1. The van der Waals surface area contributed by atoms with Crippen molar-refractivity contribution in [2.24, 2.45) is 0 Å². The molecule has 0 N–H and O–H groups in total. The van der Waals surface area contributed by atoms with Gasteiger partial charge in [-0.3, -0.25) is 0 Å². The summed E-state index contributed by atoms with van der Waals surface area (Å²) >= 11 is 0. The van der Waals surface area contributed by atoms with Crippen LogP contribution >= 0.6 is 0 Å². The van der Waals surface area contributed by atoms with Crippen LogP contribution in [0.3, 0.4) is 0 Å². The highest BCUT2D eigenvalue weighted by molar-refractivity contribution is 7.06. The molecule has 0 aliphatic carbocycles. The number of furan rings is 2. The Morgan fingerprint density at radius 1 is 0.368 bits per heavy atom. The third kappa shape index (κ3) is 5.71. The van der Waals surface area contributed by atoms with Gasteiger partial charge >= 0.3 is 0 Å². The lowest BCUT2D eigenvalue weighted by atomic mass is 9.94. The van der Waals surface area contributed by atoms with Gasteiger partial charge in [-0.1, -0.05) is 147 Å². The first kappa shape index (κ1) is 40.9. The summed E-state index contributed by atoms with van der Waals surface area (Å²) in [6.07, 6.45) is 0. The maximum absolute atomic E-state index is 7.13. The van der Waals surface area contributed by atoms with Gasteiger partial charge in [0.15, 0.2) is 11.2 Å². The molecule has 0 unspecified atom stereocenters. The van der Waals surface area contributed by atoms with E-state index in [-0.39, 0.29) is 0 Å². The van der Waals surface area contributed by atoms with Gasteiger partial charge in [0.25, 0.3) is 0 Å². The summed E-state index contributed by atoms with van der Waals surface area (Å²) in [6, 6.07) is 62.9. The summed E-state index contributed by atoms with van der Waals surface area (Å²) in [5.41, 5.74) is 20.8. The number of fused-ring (bicyclic) bond motifs is 14. The van der Waals surface area contributed by atoms with Crippen molar-refractivity contribution in [3.63, 3.8) is 0 Å². The Kier molecular flexibility index (Phi) is 8.75. The third-order valence-electron chi connectivity index (χ3n) is 15.3. The van der Waals surface area contributed by atoms with Crippen LogP contribution in [0.4, 0.5) is 34.1 Å². The minimum absolute atomic E-state index is 0.913. The Balaban J connectivity index is 1.09. The molecule has 2 aliphatic rings. The Morgan fingerprint density at radius 2 is 0.750 bits per heavy atom. The molecule has 0 bridgehead atoms. The lowest BCUT2D eigenvalue weighted by Gasteiger charge is -2.29. The van der Waals surface area contributed by atoms with Crippen LogP contribution in [0.2, 0.25) is 26.2 Å². The standard InChI is InChI=1S/C62H52N2O2Si2/c1-37-27-29-47(39(3)31-37)63(41-19-11-9-12-20-41)49-35-55-57(59-43-23-15-17-25-51(43)65-61(49)59)45-33-54-46(34-53(45)67(55,5)6)58-56(68(54,7)8)36-50(62-60(58)44-24-16-18-26-52(44)66-62)64(42-21-13-10-14-22-42)48-30-28-38(2)32-40(48)4/h9-36H,1-8H3. The first-order valence-electron chi connectivity index (χ1n) is 23.9. The lowest BCUT2D eigenvalue weighted by Crippen LogP contribution is -2.51. The van der Waals surface area contributed by atoms with Crippen LogP contribution in [-0.2, 0) is 0 Å². The fraction of sp³-hybridized carbons (Fsp3) is 0.129. The molecule has 9 aromatic carbocycles. The number of para-hydroxylation sites is 4. The van der Waals surface area contributed by atoms with Crippen molar-refractivity contribution in [3.05, 3.63) is 192 Å². The Hall–Kier alpha value is -7.39. The largest absolute Gasteiger partial charge is 0.454 e. The molecule has 0 atom stereocenters. The summed E-state index contributed by atoms with van der Waals surface area (Å²) in [5.74, 6) is 0. The van der Waals surface area contributed by atoms with Crippen LogP contribution in [0, 0.1) is 27.7 Å². The highest BCUT2D eigenvalue weighted by Gasteiger charge is 2.47. The summed E-state index contributed by atoms with van der Waals surface area (Å²) in [7, 11) is -4.78. The quantitative estimate of drug-likeness (QED) is 0.156. The summed E-state index contributed by atoms with van der Waals surface area (Å²) in [6.45, 7) is 19.1. The summed E-state index contributed by atoms with van der Waals surface area (Å²) in [5, 5.41) is 10.6. The molecule has 2 aliphatic heterocycles. The van der Waals surface area contributed by atoms with Crippen molar-refractivity contribution in [1.82, 2.24) is 0 Å². The Labute approximate surface area is 399 Å². The van der Waals surface area contributed by atoms with Crippen molar-refractivity contribution in [1.29, 1.82) is 0 Å². The molecule has 11 aromatic rings. The average molecular weight is 913 g/mol. The van der Waals surface area contributed by atoms with Gasteiger partial charge in [0.05, 0.1) is 11.4 Å². The molecular weight excluding hydrogens is 861 g/mol. The highest BCUT2D eigenvalue weighted by atomic mass is 28.3. The third-order valence-corrected chi connectivity index (χ3v) is 22.3. The van der Waals surface area contributed by atoms with E-state index in [1.165, 1.54) is 76.0 Å². The van der Waals surface area contributed by atoms with Gasteiger partial charge < -0.3 is 18.6 Å². The molecule has 4 nitrogen and oxygen atoms in total. The van der Waals surface area contributed by atoms with Crippen LogP contribution < -0.4 is 30.5 Å². The molecule has 0 amide bonds. The van der Waals surface area contributed by atoms with Gasteiger partial charge in [-0.25, -0.2) is 0 Å². The maximum atomic E-state index is 7.13. The molecule has 4 heterocycles. The van der Waals surface area contributed by atoms with Crippen molar-refractivity contribution in [3.8, 4) is 22.3 Å².